The molecule has 1 saturated heterocycles. The molecule has 2 heterocycles. The van der Waals surface area contributed by atoms with Crippen molar-refractivity contribution >= 4 is 16.0 Å². The van der Waals surface area contributed by atoms with Gasteiger partial charge in [0.25, 0.3) is 0 Å². The summed E-state index contributed by atoms with van der Waals surface area (Å²) in [6.07, 6.45) is 3.23. The Bertz CT molecular complexity index is 683. The first-order valence-electron chi connectivity index (χ1n) is 6.94. The topological polar surface area (TPSA) is 99.8 Å². The first-order chi connectivity index (χ1) is 9.78. The second-order valence-corrected chi connectivity index (χ2v) is 7.74. The fourth-order valence-electron chi connectivity index (χ4n) is 2.83. The average Bonchev–Trinajstić information content (AvgIpc) is 3.13. The third kappa shape index (κ3) is 2.27. The number of β-amino-alcohol motifs (C(OH)–C–C–N with tert-alkyl or cyclic N) is 1. The molecule has 21 heavy (non-hydrogen) atoms. The van der Waals surface area contributed by atoms with Crippen molar-refractivity contribution in [2.45, 2.75) is 36.8 Å². The van der Waals surface area contributed by atoms with Crippen molar-refractivity contribution in [1.82, 2.24) is 8.87 Å². The SMILES string of the molecule is CCn1cc(S(=O)(=O)N2CC(O)(C3CC3)C2)cc1C(=O)O. The van der Waals surface area contributed by atoms with Gasteiger partial charge in [-0.05, 0) is 31.7 Å². The number of nitrogens with zero attached hydrogens (tertiary/aromatic N) is 2. The maximum atomic E-state index is 12.5. The largest absolute Gasteiger partial charge is 0.477 e. The highest BCUT2D eigenvalue weighted by atomic mass is 32.2. The van der Waals surface area contributed by atoms with Gasteiger partial charge in [-0.15, -0.1) is 0 Å². The van der Waals surface area contributed by atoms with Crippen molar-refractivity contribution in [3.05, 3.63) is 18.0 Å². The van der Waals surface area contributed by atoms with Gasteiger partial charge in [-0.25, -0.2) is 13.2 Å². The Morgan fingerprint density at radius 1 is 1.43 bits per heavy atom. The minimum absolute atomic E-state index is 0.0282. The highest BCUT2D eigenvalue weighted by Crippen LogP contribution is 2.45. The molecular formula is C13H18N2O5S. The van der Waals surface area contributed by atoms with E-state index in [2.05, 4.69) is 0 Å². The lowest BCUT2D eigenvalue weighted by Gasteiger charge is -2.45. The highest BCUT2D eigenvalue weighted by molar-refractivity contribution is 7.89. The van der Waals surface area contributed by atoms with E-state index in [-0.39, 0.29) is 29.6 Å². The van der Waals surface area contributed by atoms with Gasteiger partial charge in [0, 0.05) is 25.8 Å². The molecule has 0 bridgehead atoms. The van der Waals surface area contributed by atoms with Gasteiger partial charge in [0.1, 0.15) is 10.6 Å². The van der Waals surface area contributed by atoms with Crippen LogP contribution in [0, 0.1) is 5.92 Å². The lowest BCUT2D eigenvalue weighted by Crippen LogP contribution is -2.64. The fourth-order valence-corrected chi connectivity index (χ4v) is 4.43. The van der Waals surface area contributed by atoms with E-state index in [9.17, 15) is 18.3 Å². The van der Waals surface area contributed by atoms with Gasteiger partial charge < -0.3 is 14.8 Å². The Labute approximate surface area is 122 Å². The van der Waals surface area contributed by atoms with E-state index in [0.717, 1.165) is 12.8 Å². The Balaban J connectivity index is 1.84. The number of aliphatic hydroxyl groups is 1. The highest BCUT2D eigenvalue weighted by Gasteiger charge is 2.55. The molecule has 2 N–H and O–H groups in total. The summed E-state index contributed by atoms with van der Waals surface area (Å²) in [5, 5.41) is 19.3. The zero-order chi connectivity index (χ0) is 15.4. The van der Waals surface area contributed by atoms with Crippen molar-refractivity contribution in [1.29, 1.82) is 0 Å². The minimum Gasteiger partial charge on any atom is -0.477 e. The predicted molar refractivity (Wildman–Crippen MR) is 73.5 cm³/mol. The summed E-state index contributed by atoms with van der Waals surface area (Å²) in [7, 11) is -3.74. The van der Waals surface area contributed by atoms with E-state index in [1.54, 1.807) is 6.92 Å². The maximum absolute atomic E-state index is 12.5. The number of aromatic nitrogens is 1. The van der Waals surface area contributed by atoms with Crippen LogP contribution in [0.3, 0.4) is 0 Å². The summed E-state index contributed by atoms with van der Waals surface area (Å²) in [6.45, 7) is 2.32. The lowest BCUT2D eigenvalue weighted by molar-refractivity contribution is -0.0764. The van der Waals surface area contributed by atoms with Gasteiger partial charge in [-0.1, -0.05) is 0 Å². The van der Waals surface area contributed by atoms with E-state index in [4.69, 9.17) is 5.11 Å². The number of carbonyl (C=O) groups is 1. The van der Waals surface area contributed by atoms with Gasteiger partial charge in [0.2, 0.25) is 10.0 Å². The number of carboxylic acid groups (broad SMARTS) is 1. The van der Waals surface area contributed by atoms with Crippen LogP contribution in [-0.4, -0.2) is 52.2 Å². The molecule has 0 unspecified atom stereocenters. The molecule has 2 aliphatic rings. The summed E-state index contributed by atoms with van der Waals surface area (Å²) in [4.78, 5) is 11.1. The quantitative estimate of drug-likeness (QED) is 0.817. The summed E-state index contributed by atoms with van der Waals surface area (Å²) in [5.41, 5.74) is -0.940. The average molecular weight is 314 g/mol. The van der Waals surface area contributed by atoms with Gasteiger partial charge in [-0.3, -0.25) is 0 Å². The van der Waals surface area contributed by atoms with Crippen LogP contribution in [-0.2, 0) is 16.6 Å². The van der Waals surface area contributed by atoms with Crippen LogP contribution < -0.4 is 0 Å². The standard InChI is InChI=1S/C13H18N2O5S/c1-2-14-6-10(5-11(14)12(16)17)21(19,20)15-7-13(18,8-15)9-3-4-9/h5-6,9,18H,2-4,7-8H2,1H3,(H,16,17). The number of aryl methyl sites for hydroxylation is 1. The van der Waals surface area contributed by atoms with E-state index in [0.29, 0.717) is 6.54 Å². The molecule has 0 amide bonds. The van der Waals surface area contributed by atoms with Crippen LogP contribution in [0.4, 0.5) is 0 Å². The molecule has 0 radical (unpaired) electrons. The fraction of sp³-hybridized carbons (Fsp3) is 0.615. The van der Waals surface area contributed by atoms with Crippen LogP contribution in [0.1, 0.15) is 30.3 Å². The molecule has 3 rings (SSSR count). The maximum Gasteiger partial charge on any atom is 0.352 e. The van der Waals surface area contributed by atoms with E-state index in [1.807, 2.05) is 0 Å². The third-order valence-electron chi connectivity index (χ3n) is 4.31. The van der Waals surface area contributed by atoms with Crippen LogP contribution in [0.25, 0.3) is 0 Å². The smallest absolute Gasteiger partial charge is 0.352 e. The Morgan fingerprint density at radius 3 is 2.48 bits per heavy atom. The van der Waals surface area contributed by atoms with Crippen molar-refractivity contribution in [3.8, 4) is 0 Å². The molecule has 1 aliphatic heterocycles. The molecule has 2 fully saturated rings. The number of sulfonamides is 1. The normalized spacial score (nSPS) is 22.0. The van der Waals surface area contributed by atoms with E-state index in [1.165, 1.54) is 21.1 Å². The molecule has 0 aromatic carbocycles. The monoisotopic (exact) mass is 314 g/mol. The second-order valence-electron chi connectivity index (χ2n) is 5.80. The molecule has 1 saturated carbocycles. The summed E-state index contributed by atoms with van der Waals surface area (Å²) >= 11 is 0. The van der Waals surface area contributed by atoms with Crippen molar-refractivity contribution in [3.63, 3.8) is 0 Å². The van der Waals surface area contributed by atoms with E-state index >= 15 is 0 Å². The first kappa shape index (κ1) is 14.6. The number of hydrogen-bond donors (Lipinski definition) is 2. The zero-order valence-corrected chi connectivity index (χ0v) is 12.5. The molecule has 116 valence electrons. The summed E-state index contributed by atoms with van der Waals surface area (Å²) in [6, 6.07) is 1.18. The van der Waals surface area contributed by atoms with Gasteiger partial charge in [0.15, 0.2) is 0 Å². The molecule has 1 aromatic rings. The third-order valence-corrected chi connectivity index (χ3v) is 6.06. The van der Waals surface area contributed by atoms with Crippen LogP contribution in [0.2, 0.25) is 0 Å². The lowest BCUT2D eigenvalue weighted by atomic mass is 9.91. The molecule has 1 aliphatic carbocycles. The number of aromatic carboxylic acids is 1. The molecule has 8 heteroatoms. The number of rotatable bonds is 5. The molecule has 0 spiro atoms. The minimum atomic E-state index is -3.74. The number of hydrogen-bond acceptors (Lipinski definition) is 4. The summed E-state index contributed by atoms with van der Waals surface area (Å²) < 4.78 is 27.5. The van der Waals surface area contributed by atoms with Crippen LogP contribution in [0.5, 0.6) is 0 Å². The molecule has 7 nitrogen and oxygen atoms in total. The number of carboxylic acids is 1. The summed E-state index contributed by atoms with van der Waals surface area (Å²) in [5.74, 6) is -0.949. The zero-order valence-electron chi connectivity index (χ0n) is 11.7. The Morgan fingerprint density at radius 2 is 2.05 bits per heavy atom. The van der Waals surface area contributed by atoms with Crippen LogP contribution in [0.15, 0.2) is 17.2 Å². The van der Waals surface area contributed by atoms with Crippen LogP contribution >= 0.6 is 0 Å². The molecule has 0 atom stereocenters. The molecular weight excluding hydrogens is 296 g/mol. The van der Waals surface area contributed by atoms with Gasteiger partial charge in [-0.2, -0.15) is 4.31 Å². The Kier molecular flexibility index (Phi) is 3.16. The van der Waals surface area contributed by atoms with E-state index < -0.39 is 21.6 Å². The van der Waals surface area contributed by atoms with Crippen molar-refractivity contribution in [2.24, 2.45) is 5.92 Å². The first-order valence-corrected chi connectivity index (χ1v) is 8.38. The van der Waals surface area contributed by atoms with Crippen molar-refractivity contribution < 1.29 is 23.4 Å². The Hall–Kier alpha value is -1.38. The van der Waals surface area contributed by atoms with Crippen molar-refractivity contribution in [2.75, 3.05) is 13.1 Å². The molecule has 1 aromatic heterocycles. The van der Waals surface area contributed by atoms with Gasteiger partial charge in [0.05, 0.1) is 5.60 Å². The van der Waals surface area contributed by atoms with Gasteiger partial charge >= 0.3 is 5.97 Å². The predicted octanol–water partition coefficient (Wildman–Crippen LogP) is 0.352. The second kappa shape index (κ2) is 4.56.